The van der Waals surface area contributed by atoms with E-state index < -0.39 is 0 Å². The second-order valence-corrected chi connectivity index (χ2v) is 5.10. The highest BCUT2D eigenvalue weighted by Crippen LogP contribution is 2.06. The zero-order valence-corrected chi connectivity index (χ0v) is 12.3. The monoisotopic (exact) mass is 282 g/mol. The van der Waals surface area contributed by atoms with Crippen LogP contribution in [0, 0.1) is 6.92 Å². The molecule has 1 aliphatic heterocycles. The fourth-order valence-corrected chi connectivity index (χ4v) is 2.29. The van der Waals surface area contributed by atoms with E-state index in [-0.39, 0.29) is 18.3 Å². The van der Waals surface area contributed by atoms with Crippen LogP contribution in [-0.2, 0) is 11.2 Å². The molecular formula is C15H23ClN2O. The Balaban J connectivity index is 0.00000180. The summed E-state index contributed by atoms with van der Waals surface area (Å²) in [5.41, 5.74) is 2.49. The zero-order valence-electron chi connectivity index (χ0n) is 11.4. The molecule has 1 saturated heterocycles. The van der Waals surface area contributed by atoms with Crippen LogP contribution in [0.25, 0.3) is 0 Å². The van der Waals surface area contributed by atoms with Gasteiger partial charge in [-0.25, -0.2) is 0 Å². The fraction of sp³-hybridized carbons (Fsp3) is 0.533. The quantitative estimate of drug-likeness (QED) is 0.889. The third-order valence-electron chi connectivity index (χ3n) is 3.42. The van der Waals surface area contributed by atoms with Gasteiger partial charge in [0.2, 0.25) is 5.91 Å². The van der Waals surface area contributed by atoms with Crippen molar-refractivity contribution in [2.75, 3.05) is 13.1 Å². The highest BCUT2D eigenvalue weighted by Gasteiger charge is 2.14. The van der Waals surface area contributed by atoms with E-state index in [1.165, 1.54) is 11.1 Å². The van der Waals surface area contributed by atoms with Crippen LogP contribution in [-0.4, -0.2) is 25.0 Å². The number of hydrogen-bond donors (Lipinski definition) is 2. The summed E-state index contributed by atoms with van der Waals surface area (Å²) < 4.78 is 0. The van der Waals surface area contributed by atoms with E-state index in [0.29, 0.717) is 12.5 Å². The number of halogens is 1. The number of nitrogens with one attached hydrogen (secondary N) is 2. The zero-order chi connectivity index (χ0) is 12.8. The molecule has 0 unspecified atom stereocenters. The lowest BCUT2D eigenvalue weighted by molar-refractivity contribution is -0.121. The third kappa shape index (κ3) is 5.62. The molecule has 2 rings (SSSR count). The normalized spacial score (nSPS) is 18.5. The van der Waals surface area contributed by atoms with E-state index in [9.17, 15) is 4.79 Å². The fourth-order valence-electron chi connectivity index (χ4n) is 2.29. The minimum Gasteiger partial charge on any atom is -0.352 e. The summed E-state index contributed by atoms with van der Waals surface area (Å²) in [5, 5.41) is 6.40. The standard InChI is InChI=1S/C15H22N2O.ClH/c1-12-4-6-13(7-5-12)8-9-15(18)17-14-3-2-10-16-11-14;/h4-7,14,16H,2-3,8-11H2,1H3,(H,17,18);1H/t14-;/m1./s1. The van der Waals surface area contributed by atoms with Crippen molar-refractivity contribution in [1.29, 1.82) is 0 Å². The van der Waals surface area contributed by atoms with Gasteiger partial charge in [0.25, 0.3) is 0 Å². The minimum absolute atomic E-state index is 0. The van der Waals surface area contributed by atoms with E-state index in [1.807, 2.05) is 0 Å². The molecule has 0 aromatic heterocycles. The van der Waals surface area contributed by atoms with Crippen LogP contribution < -0.4 is 10.6 Å². The van der Waals surface area contributed by atoms with Crippen LogP contribution in [0.1, 0.15) is 30.4 Å². The van der Waals surface area contributed by atoms with Gasteiger partial charge in [0.15, 0.2) is 0 Å². The molecule has 0 aliphatic carbocycles. The Labute approximate surface area is 121 Å². The lowest BCUT2D eigenvalue weighted by Gasteiger charge is -2.23. The minimum atomic E-state index is 0. The van der Waals surface area contributed by atoms with Crippen molar-refractivity contribution in [3.8, 4) is 0 Å². The Kier molecular flexibility index (Phi) is 6.89. The van der Waals surface area contributed by atoms with Crippen molar-refractivity contribution in [3.05, 3.63) is 35.4 Å². The van der Waals surface area contributed by atoms with Gasteiger partial charge in [-0.15, -0.1) is 12.4 Å². The molecule has 0 radical (unpaired) electrons. The van der Waals surface area contributed by atoms with Gasteiger partial charge in [0, 0.05) is 19.0 Å². The first-order chi connectivity index (χ1) is 8.74. The molecule has 1 aliphatic rings. The van der Waals surface area contributed by atoms with Crippen LogP contribution in [0.2, 0.25) is 0 Å². The first-order valence-electron chi connectivity index (χ1n) is 6.79. The highest BCUT2D eigenvalue weighted by atomic mass is 35.5. The largest absolute Gasteiger partial charge is 0.352 e. The van der Waals surface area contributed by atoms with Crippen molar-refractivity contribution >= 4 is 18.3 Å². The number of hydrogen-bond acceptors (Lipinski definition) is 2. The van der Waals surface area contributed by atoms with Crippen molar-refractivity contribution in [2.24, 2.45) is 0 Å². The number of benzene rings is 1. The van der Waals surface area contributed by atoms with E-state index in [4.69, 9.17) is 0 Å². The molecule has 19 heavy (non-hydrogen) atoms. The topological polar surface area (TPSA) is 41.1 Å². The summed E-state index contributed by atoms with van der Waals surface area (Å²) in [6.07, 6.45) is 3.66. The van der Waals surface area contributed by atoms with Crippen molar-refractivity contribution in [1.82, 2.24) is 10.6 Å². The summed E-state index contributed by atoms with van der Waals surface area (Å²) in [6.45, 7) is 4.07. The summed E-state index contributed by atoms with van der Waals surface area (Å²) in [7, 11) is 0. The van der Waals surface area contributed by atoms with Gasteiger partial charge in [0.1, 0.15) is 0 Å². The van der Waals surface area contributed by atoms with Gasteiger partial charge in [-0.05, 0) is 38.3 Å². The summed E-state index contributed by atoms with van der Waals surface area (Å²) >= 11 is 0. The van der Waals surface area contributed by atoms with E-state index in [1.54, 1.807) is 0 Å². The molecule has 1 fully saturated rings. The molecule has 4 heteroatoms. The predicted octanol–water partition coefficient (Wildman–Crippen LogP) is 2.22. The van der Waals surface area contributed by atoms with Crippen LogP contribution >= 0.6 is 12.4 Å². The molecule has 0 spiro atoms. The molecule has 3 nitrogen and oxygen atoms in total. The van der Waals surface area contributed by atoms with Gasteiger partial charge in [-0.3, -0.25) is 4.79 Å². The Morgan fingerprint density at radius 3 is 2.74 bits per heavy atom. The average Bonchev–Trinajstić information content (AvgIpc) is 2.39. The molecule has 1 aromatic carbocycles. The van der Waals surface area contributed by atoms with E-state index in [0.717, 1.165) is 32.4 Å². The highest BCUT2D eigenvalue weighted by molar-refractivity contribution is 5.85. The molecule has 1 amide bonds. The summed E-state index contributed by atoms with van der Waals surface area (Å²) in [6, 6.07) is 8.72. The lowest BCUT2D eigenvalue weighted by atomic mass is 10.1. The van der Waals surface area contributed by atoms with E-state index in [2.05, 4.69) is 41.8 Å². The van der Waals surface area contributed by atoms with Crippen LogP contribution in [0.4, 0.5) is 0 Å². The molecule has 2 N–H and O–H groups in total. The number of rotatable bonds is 4. The Bertz CT molecular complexity index is 386. The summed E-state index contributed by atoms with van der Waals surface area (Å²) in [4.78, 5) is 11.8. The van der Waals surface area contributed by atoms with Crippen molar-refractivity contribution < 1.29 is 4.79 Å². The smallest absolute Gasteiger partial charge is 0.220 e. The second-order valence-electron chi connectivity index (χ2n) is 5.10. The SMILES string of the molecule is Cc1ccc(CCC(=O)N[C@@H]2CCCNC2)cc1.Cl. The van der Waals surface area contributed by atoms with Gasteiger partial charge in [0.05, 0.1) is 0 Å². The van der Waals surface area contributed by atoms with Crippen molar-refractivity contribution in [2.45, 2.75) is 38.6 Å². The van der Waals surface area contributed by atoms with Gasteiger partial charge >= 0.3 is 0 Å². The number of amides is 1. The van der Waals surface area contributed by atoms with Crippen LogP contribution in [0.15, 0.2) is 24.3 Å². The maximum Gasteiger partial charge on any atom is 0.220 e. The van der Waals surface area contributed by atoms with Crippen LogP contribution in [0.5, 0.6) is 0 Å². The van der Waals surface area contributed by atoms with E-state index >= 15 is 0 Å². The molecule has 106 valence electrons. The molecule has 0 saturated carbocycles. The first kappa shape index (κ1) is 16.0. The molecule has 1 heterocycles. The molecule has 1 atom stereocenters. The van der Waals surface area contributed by atoms with Gasteiger partial charge in [-0.1, -0.05) is 29.8 Å². The Morgan fingerprint density at radius 2 is 2.11 bits per heavy atom. The number of piperidine rings is 1. The van der Waals surface area contributed by atoms with Gasteiger partial charge < -0.3 is 10.6 Å². The molecular weight excluding hydrogens is 260 g/mol. The lowest BCUT2D eigenvalue weighted by Crippen LogP contribution is -2.45. The first-order valence-corrected chi connectivity index (χ1v) is 6.79. The predicted molar refractivity (Wildman–Crippen MR) is 80.8 cm³/mol. The second kappa shape index (κ2) is 8.18. The Morgan fingerprint density at radius 1 is 1.37 bits per heavy atom. The summed E-state index contributed by atoms with van der Waals surface area (Å²) in [5.74, 6) is 0.171. The number of carbonyl (C=O) groups is 1. The molecule has 0 bridgehead atoms. The third-order valence-corrected chi connectivity index (χ3v) is 3.42. The average molecular weight is 283 g/mol. The maximum atomic E-state index is 11.8. The van der Waals surface area contributed by atoms with Crippen LogP contribution in [0.3, 0.4) is 0 Å². The Hall–Kier alpha value is -1.06. The van der Waals surface area contributed by atoms with Gasteiger partial charge in [-0.2, -0.15) is 0 Å². The number of aryl methyl sites for hydroxylation is 2. The molecule has 1 aromatic rings. The van der Waals surface area contributed by atoms with Crippen molar-refractivity contribution in [3.63, 3.8) is 0 Å². The number of carbonyl (C=O) groups excluding carboxylic acids is 1. The maximum absolute atomic E-state index is 11.8.